The quantitative estimate of drug-likeness (QED) is 0.873. The molecule has 0 atom stereocenters. The number of sulfonamides is 1. The van der Waals surface area contributed by atoms with Crippen LogP contribution in [0.3, 0.4) is 0 Å². The van der Waals surface area contributed by atoms with Gasteiger partial charge < -0.3 is 0 Å². The lowest BCUT2D eigenvalue weighted by Crippen LogP contribution is -2.16. The Morgan fingerprint density at radius 2 is 2.05 bits per heavy atom. The molecular weight excluding hydrogens is 319 g/mol. The van der Waals surface area contributed by atoms with Gasteiger partial charge in [0, 0.05) is 13.2 Å². The van der Waals surface area contributed by atoms with Crippen LogP contribution in [0.15, 0.2) is 23.2 Å². The summed E-state index contributed by atoms with van der Waals surface area (Å²) in [5.74, 6) is -1.14. The zero-order valence-electron chi connectivity index (χ0n) is 11.6. The molecule has 2 heterocycles. The van der Waals surface area contributed by atoms with Gasteiger partial charge in [-0.25, -0.2) is 13.4 Å². The van der Waals surface area contributed by atoms with Crippen LogP contribution in [0.1, 0.15) is 25.5 Å². The number of hydrogen-bond donors (Lipinski definition) is 1. The van der Waals surface area contributed by atoms with E-state index in [-0.39, 0.29) is 11.1 Å². The Bertz CT molecular complexity index is 774. The van der Waals surface area contributed by atoms with Crippen LogP contribution >= 0.6 is 11.6 Å². The minimum absolute atomic E-state index is 0.0112. The molecule has 2 aromatic heterocycles. The second-order valence-electron chi connectivity index (χ2n) is 4.78. The lowest BCUT2D eigenvalue weighted by molar-refractivity contribution is 0.540. The van der Waals surface area contributed by atoms with E-state index in [9.17, 15) is 12.8 Å². The first-order valence-corrected chi connectivity index (χ1v) is 7.95. The minimum Gasteiger partial charge on any atom is -0.276 e. The van der Waals surface area contributed by atoms with Crippen molar-refractivity contribution in [2.24, 2.45) is 7.05 Å². The van der Waals surface area contributed by atoms with Crippen LogP contribution in [0.4, 0.5) is 10.1 Å². The van der Waals surface area contributed by atoms with Gasteiger partial charge in [-0.15, -0.1) is 0 Å². The molecular formula is C12H14ClFN4O2S. The molecule has 0 aromatic carbocycles. The van der Waals surface area contributed by atoms with Gasteiger partial charge in [-0.1, -0.05) is 25.4 Å². The van der Waals surface area contributed by atoms with Crippen LogP contribution < -0.4 is 4.72 Å². The largest absolute Gasteiger partial charge is 0.276 e. The molecule has 0 bridgehead atoms. The first-order valence-electron chi connectivity index (χ1n) is 6.09. The van der Waals surface area contributed by atoms with Crippen LogP contribution in [-0.2, 0) is 17.1 Å². The van der Waals surface area contributed by atoms with Gasteiger partial charge in [0.2, 0.25) is 5.95 Å². The number of pyridine rings is 1. The van der Waals surface area contributed by atoms with Crippen molar-refractivity contribution in [1.82, 2.24) is 14.8 Å². The summed E-state index contributed by atoms with van der Waals surface area (Å²) >= 11 is 5.52. The van der Waals surface area contributed by atoms with E-state index in [1.165, 1.54) is 16.9 Å². The van der Waals surface area contributed by atoms with Crippen LogP contribution in [0.2, 0.25) is 5.15 Å². The van der Waals surface area contributed by atoms with Gasteiger partial charge in [-0.05, 0) is 18.1 Å². The summed E-state index contributed by atoms with van der Waals surface area (Å²) in [5, 5.41) is 4.07. The van der Waals surface area contributed by atoms with Gasteiger partial charge in [0.15, 0.2) is 0 Å². The average Bonchev–Trinajstić information content (AvgIpc) is 2.68. The third kappa shape index (κ3) is 3.33. The third-order valence-electron chi connectivity index (χ3n) is 2.72. The van der Waals surface area contributed by atoms with E-state index < -0.39 is 20.9 Å². The molecule has 0 radical (unpaired) electrons. The third-order valence-corrected chi connectivity index (χ3v) is 4.30. The van der Waals surface area contributed by atoms with Gasteiger partial charge in [-0.2, -0.15) is 9.49 Å². The summed E-state index contributed by atoms with van der Waals surface area (Å²) in [4.78, 5) is 2.74. The first-order chi connectivity index (χ1) is 9.70. The number of halogens is 2. The van der Waals surface area contributed by atoms with Crippen molar-refractivity contribution in [3.8, 4) is 0 Å². The fraction of sp³-hybridized carbons (Fsp3) is 0.333. The van der Waals surface area contributed by atoms with E-state index in [1.807, 2.05) is 13.8 Å². The maximum atomic E-state index is 13.7. The summed E-state index contributed by atoms with van der Waals surface area (Å²) in [6.45, 7) is 3.76. The van der Waals surface area contributed by atoms with E-state index in [4.69, 9.17) is 11.6 Å². The number of nitrogens with one attached hydrogen (secondary N) is 1. The van der Waals surface area contributed by atoms with Crippen molar-refractivity contribution in [3.05, 3.63) is 35.1 Å². The van der Waals surface area contributed by atoms with Gasteiger partial charge in [0.1, 0.15) is 10.0 Å². The van der Waals surface area contributed by atoms with Crippen LogP contribution in [-0.4, -0.2) is 23.2 Å². The van der Waals surface area contributed by atoms with Crippen molar-refractivity contribution in [3.63, 3.8) is 0 Å². The van der Waals surface area contributed by atoms with Crippen LogP contribution in [0.5, 0.6) is 0 Å². The highest BCUT2D eigenvalue weighted by atomic mass is 35.5. The van der Waals surface area contributed by atoms with Crippen LogP contribution in [0.25, 0.3) is 0 Å². The number of nitrogens with zero attached hydrogens (tertiary/aromatic N) is 3. The molecule has 6 nitrogen and oxygen atoms in total. The minimum atomic E-state index is -4.10. The molecule has 9 heteroatoms. The topological polar surface area (TPSA) is 76.9 Å². The lowest BCUT2D eigenvalue weighted by atomic mass is 10.1. The van der Waals surface area contributed by atoms with Gasteiger partial charge in [-0.3, -0.25) is 9.40 Å². The molecule has 1 N–H and O–H groups in total. The summed E-state index contributed by atoms with van der Waals surface area (Å²) in [7, 11) is -2.43. The van der Waals surface area contributed by atoms with Crippen LogP contribution in [0, 0.1) is 5.95 Å². The molecule has 0 aliphatic rings. The highest BCUT2D eigenvalue weighted by Gasteiger charge is 2.23. The summed E-state index contributed by atoms with van der Waals surface area (Å²) in [6.07, 6.45) is 1.52. The number of hydrogen-bond acceptors (Lipinski definition) is 4. The number of anilines is 1. The summed E-state index contributed by atoms with van der Waals surface area (Å²) in [6, 6.07) is 2.28. The zero-order valence-corrected chi connectivity index (χ0v) is 13.2. The van der Waals surface area contributed by atoms with Gasteiger partial charge in [0.25, 0.3) is 10.0 Å². The molecule has 0 amide bonds. The van der Waals surface area contributed by atoms with Crippen molar-refractivity contribution in [2.75, 3.05) is 4.72 Å². The fourth-order valence-electron chi connectivity index (χ4n) is 1.81. The Morgan fingerprint density at radius 1 is 1.38 bits per heavy atom. The Morgan fingerprint density at radius 3 is 2.62 bits per heavy atom. The smallest absolute Gasteiger partial charge is 0.266 e. The lowest BCUT2D eigenvalue weighted by Gasteiger charge is -2.09. The second-order valence-corrected chi connectivity index (χ2v) is 6.82. The molecule has 2 aromatic rings. The molecule has 0 saturated heterocycles. The highest BCUT2D eigenvalue weighted by molar-refractivity contribution is 7.92. The monoisotopic (exact) mass is 332 g/mol. The molecule has 0 saturated carbocycles. The molecule has 0 aliphatic heterocycles. The van der Waals surface area contributed by atoms with E-state index in [0.717, 1.165) is 6.07 Å². The van der Waals surface area contributed by atoms with Gasteiger partial charge in [0.05, 0.1) is 11.4 Å². The standard InChI is InChI=1S/C12H14ClFN4O2S/c1-7(2)11-8(6-18(3)16-11)17-21(19,20)9-4-5-10(13)15-12(9)14/h4-7,17H,1-3H3. The molecule has 0 aliphatic carbocycles. The molecule has 0 spiro atoms. The fourth-order valence-corrected chi connectivity index (χ4v) is 3.02. The van der Waals surface area contributed by atoms with E-state index in [0.29, 0.717) is 11.4 Å². The second kappa shape index (κ2) is 5.61. The average molecular weight is 333 g/mol. The number of aryl methyl sites for hydroxylation is 1. The molecule has 2 rings (SSSR count). The maximum Gasteiger partial charge on any atom is 0.266 e. The summed E-state index contributed by atoms with van der Waals surface area (Å²) in [5.41, 5.74) is 0.880. The van der Waals surface area contributed by atoms with Crippen molar-refractivity contribution in [1.29, 1.82) is 0 Å². The summed E-state index contributed by atoms with van der Waals surface area (Å²) < 4.78 is 42.0. The molecule has 0 fully saturated rings. The van der Waals surface area contributed by atoms with E-state index in [1.54, 1.807) is 7.05 Å². The predicted molar refractivity (Wildman–Crippen MR) is 77.3 cm³/mol. The normalized spacial score (nSPS) is 11.9. The Hall–Kier alpha value is -1.67. The molecule has 21 heavy (non-hydrogen) atoms. The molecule has 0 unspecified atom stereocenters. The number of rotatable bonds is 4. The maximum absolute atomic E-state index is 13.7. The van der Waals surface area contributed by atoms with Crippen molar-refractivity contribution >= 4 is 27.3 Å². The van der Waals surface area contributed by atoms with E-state index >= 15 is 0 Å². The number of aromatic nitrogens is 3. The first kappa shape index (κ1) is 15.7. The van der Waals surface area contributed by atoms with Gasteiger partial charge >= 0.3 is 0 Å². The SMILES string of the molecule is CC(C)c1nn(C)cc1NS(=O)(=O)c1ccc(Cl)nc1F. The highest BCUT2D eigenvalue weighted by Crippen LogP contribution is 2.25. The Kier molecular flexibility index (Phi) is 4.20. The van der Waals surface area contributed by atoms with E-state index in [2.05, 4.69) is 14.8 Å². The predicted octanol–water partition coefficient (Wildman–Crippen LogP) is 2.53. The zero-order chi connectivity index (χ0) is 15.8. The molecule has 114 valence electrons. The Labute approximate surface area is 127 Å². The van der Waals surface area contributed by atoms with Crippen molar-refractivity contribution < 1.29 is 12.8 Å². The van der Waals surface area contributed by atoms with Crippen molar-refractivity contribution in [2.45, 2.75) is 24.7 Å². The Balaban J connectivity index is 2.42.